The zero-order chi connectivity index (χ0) is 11.5. The monoisotopic (exact) mass is 220 g/mol. The molecule has 15 heavy (non-hydrogen) atoms. The third-order valence-corrected chi connectivity index (χ3v) is 1.70. The van der Waals surface area contributed by atoms with E-state index in [0.717, 1.165) is 0 Å². The van der Waals surface area contributed by atoms with Gasteiger partial charge < -0.3 is 19.3 Å². The largest absolute Gasteiger partial charge is 0.466 e. The lowest BCUT2D eigenvalue weighted by Crippen LogP contribution is -2.16. The minimum absolute atomic E-state index is 0.0298. The van der Waals surface area contributed by atoms with Crippen LogP contribution in [-0.4, -0.2) is 50.2 Å². The summed E-state index contributed by atoms with van der Waals surface area (Å²) in [5.41, 5.74) is 0. The average Bonchev–Trinajstić information content (AvgIpc) is 2.17. The molecule has 0 aliphatic rings. The van der Waals surface area contributed by atoms with Crippen LogP contribution in [0.3, 0.4) is 0 Å². The predicted molar refractivity (Wildman–Crippen MR) is 54.6 cm³/mol. The Morgan fingerprint density at radius 1 is 1.27 bits per heavy atom. The van der Waals surface area contributed by atoms with Gasteiger partial charge in [-0.2, -0.15) is 0 Å². The minimum atomic E-state index is -0.270. The molecule has 0 fully saturated rings. The van der Waals surface area contributed by atoms with Crippen LogP contribution in [0.1, 0.15) is 20.3 Å². The Labute approximate surface area is 90.3 Å². The van der Waals surface area contributed by atoms with E-state index >= 15 is 0 Å². The number of hydrogen-bond donors (Lipinski definition) is 1. The van der Waals surface area contributed by atoms with Crippen LogP contribution in [0.15, 0.2) is 0 Å². The normalized spacial score (nSPS) is 12.5. The van der Waals surface area contributed by atoms with Gasteiger partial charge in [-0.15, -0.1) is 0 Å². The number of ether oxygens (including phenoxy) is 3. The molecule has 0 saturated carbocycles. The highest BCUT2D eigenvalue weighted by Gasteiger charge is 2.02. The molecule has 0 spiro atoms. The standard InChI is InChI=1S/C10H20O5/c1-9(3-5-15-10(2)12)14-8-7-13-6-4-11/h9,11H,3-8H2,1-2H3. The maximum absolute atomic E-state index is 10.5. The van der Waals surface area contributed by atoms with E-state index in [1.165, 1.54) is 6.92 Å². The van der Waals surface area contributed by atoms with Gasteiger partial charge in [-0.1, -0.05) is 0 Å². The number of aliphatic hydroxyl groups is 1. The topological polar surface area (TPSA) is 65.0 Å². The summed E-state index contributed by atoms with van der Waals surface area (Å²) < 4.78 is 15.2. The van der Waals surface area contributed by atoms with Gasteiger partial charge in [0.2, 0.25) is 0 Å². The molecule has 0 heterocycles. The van der Waals surface area contributed by atoms with E-state index in [0.29, 0.717) is 32.8 Å². The molecular formula is C10H20O5. The van der Waals surface area contributed by atoms with Crippen molar-refractivity contribution in [3.05, 3.63) is 0 Å². The molecule has 90 valence electrons. The van der Waals surface area contributed by atoms with Gasteiger partial charge in [0.1, 0.15) is 0 Å². The summed E-state index contributed by atoms with van der Waals surface area (Å²) in [5, 5.41) is 8.43. The van der Waals surface area contributed by atoms with Gasteiger partial charge in [-0.05, 0) is 6.92 Å². The van der Waals surface area contributed by atoms with Crippen molar-refractivity contribution in [3.8, 4) is 0 Å². The molecule has 0 aliphatic carbocycles. The summed E-state index contributed by atoms with van der Waals surface area (Å²) in [6.45, 7) is 5.00. The zero-order valence-electron chi connectivity index (χ0n) is 9.40. The van der Waals surface area contributed by atoms with Crippen LogP contribution in [0.5, 0.6) is 0 Å². The van der Waals surface area contributed by atoms with Gasteiger partial charge in [0.05, 0.1) is 39.1 Å². The lowest BCUT2D eigenvalue weighted by atomic mass is 10.3. The van der Waals surface area contributed by atoms with Gasteiger partial charge in [-0.25, -0.2) is 0 Å². The third kappa shape index (κ3) is 11.3. The molecule has 1 N–H and O–H groups in total. The van der Waals surface area contributed by atoms with Crippen LogP contribution in [-0.2, 0) is 19.0 Å². The molecular weight excluding hydrogens is 200 g/mol. The first-order chi connectivity index (χ1) is 7.16. The number of rotatable bonds is 9. The minimum Gasteiger partial charge on any atom is -0.466 e. The van der Waals surface area contributed by atoms with E-state index in [4.69, 9.17) is 19.3 Å². The molecule has 0 aliphatic heterocycles. The van der Waals surface area contributed by atoms with E-state index in [9.17, 15) is 4.79 Å². The Balaban J connectivity index is 3.18. The van der Waals surface area contributed by atoms with Gasteiger partial charge >= 0.3 is 5.97 Å². The molecule has 0 aromatic carbocycles. The Bertz CT molecular complexity index is 160. The highest BCUT2D eigenvalue weighted by molar-refractivity contribution is 5.65. The number of hydrogen-bond acceptors (Lipinski definition) is 5. The summed E-state index contributed by atoms with van der Waals surface area (Å²) in [7, 11) is 0. The third-order valence-electron chi connectivity index (χ3n) is 1.70. The van der Waals surface area contributed by atoms with Crippen molar-refractivity contribution in [3.63, 3.8) is 0 Å². The number of carbonyl (C=O) groups excluding carboxylic acids is 1. The molecule has 0 rings (SSSR count). The van der Waals surface area contributed by atoms with Crippen molar-refractivity contribution in [2.45, 2.75) is 26.4 Å². The molecule has 0 aromatic rings. The van der Waals surface area contributed by atoms with Gasteiger partial charge in [-0.3, -0.25) is 4.79 Å². The van der Waals surface area contributed by atoms with Gasteiger partial charge in [0.15, 0.2) is 0 Å². The molecule has 5 heteroatoms. The fraction of sp³-hybridized carbons (Fsp3) is 0.900. The first-order valence-electron chi connectivity index (χ1n) is 5.10. The van der Waals surface area contributed by atoms with Crippen LogP contribution in [0, 0.1) is 0 Å². The van der Waals surface area contributed by atoms with E-state index in [-0.39, 0.29) is 18.7 Å². The Kier molecular flexibility index (Phi) is 9.46. The van der Waals surface area contributed by atoms with Crippen LogP contribution >= 0.6 is 0 Å². The van der Waals surface area contributed by atoms with Crippen molar-refractivity contribution in [2.75, 3.05) is 33.0 Å². The van der Waals surface area contributed by atoms with E-state index in [2.05, 4.69) is 0 Å². The summed E-state index contributed by atoms with van der Waals surface area (Å²) in [6.07, 6.45) is 0.724. The summed E-state index contributed by atoms with van der Waals surface area (Å²) >= 11 is 0. The highest BCUT2D eigenvalue weighted by Crippen LogP contribution is 1.97. The SMILES string of the molecule is CC(=O)OCCC(C)OCCOCCO. The molecule has 0 radical (unpaired) electrons. The van der Waals surface area contributed by atoms with Crippen molar-refractivity contribution >= 4 is 5.97 Å². The maximum atomic E-state index is 10.5. The molecule has 0 saturated heterocycles. The van der Waals surface area contributed by atoms with Crippen molar-refractivity contribution in [2.24, 2.45) is 0 Å². The number of carbonyl (C=O) groups is 1. The predicted octanol–water partition coefficient (Wildman–Crippen LogP) is 0.354. The van der Waals surface area contributed by atoms with Crippen molar-refractivity contribution < 1.29 is 24.1 Å². The second-order valence-corrected chi connectivity index (χ2v) is 3.15. The van der Waals surface area contributed by atoms with Crippen LogP contribution in [0.4, 0.5) is 0 Å². The fourth-order valence-electron chi connectivity index (χ4n) is 0.927. The number of esters is 1. The molecule has 0 aromatic heterocycles. The Morgan fingerprint density at radius 3 is 2.60 bits per heavy atom. The molecule has 0 bridgehead atoms. The fourth-order valence-corrected chi connectivity index (χ4v) is 0.927. The molecule has 0 amide bonds. The summed E-state index contributed by atoms with van der Waals surface area (Å²) in [5.74, 6) is -0.270. The Morgan fingerprint density at radius 2 is 2.00 bits per heavy atom. The zero-order valence-corrected chi connectivity index (χ0v) is 9.40. The second kappa shape index (κ2) is 9.89. The smallest absolute Gasteiger partial charge is 0.302 e. The maximum Gasteiger partial charge on any atom is 0.302 e. The second-order valence-electron chi connectivity index (χ2n) is 3.15. The first-order valence-corrected chi connectivity index (χ1v) is 5.10. The molecule has 1 atom stereocenters. The Hall–Kier alpha value is -0.650. The van der Waals surface area contributed by atoms with Crippen LogP contribution in [0.25, 0.3) is 0 Å². The average molecular weight is 220 g/mol. The molecule has 5 nitrogen and oxygen atoms in total. The highest BCUT2D eigenvalue weighted by atomic mass is 16.5. The van der Waals surface area contributed by atoms with E-state index in [1.807, 2.05) is 6.92 Å². The van der Waals surface area contributed by atoms with Crippen molar-refractivity contribution in [1.82, 2.24) is 0 Å². The lowest BCUT2D eigenvalue weighted by molar-refractivity contribution is -0.141. The molecule has 1 unspecified atom stereocenters. The van der Waals surface area contributed by atoms with E-state index < -0.39 is 0 Å². The van der Waals surface area contributed by atoms with Crippen molar-refractivity contribution in [1.29, 1.82) is 0 Å². The number of aliphatic hydroxyl groups excluding tert-OH is 1. The van der Waals surface area contributed by atoms with Crippen LogP contribution < -0.4 is 0 Å². The van der Waals surface area contributed by atoms with E-state index in [1.54, 1.807) is 0 Å². The van der Waals surface area contributed by atoms with Gasteiger partial charge in [0, 0.05) is 13.3 Å². The quantitative estimate of drug-likeness (QED) is 0.449. The first kappa shape index (κ1) is 14.3. The lowest BCUT2D eigenvalue weighted by Gasteiger charge is -2.12. The summed E-state index contributed by atoms with van der Waals surface area (Å²) in [4.78, 5) is 10.5. The van der Waals surface area contributed by atoms with Crippen LogP contribution in [0.2, 0.25) is 0 Å². The summed E-state index contributed by atoms with van der Waals surface area (Å²) in [6, 6.07) is 0. The van der Waals surface area contributed by atoms with Gasteiger partial charge in [0.25, 0.3) is 0 Å².